The SMILES string of the molecule is CN(Cc1nc2ccsc2c(=O)[nH]1)C1CCCCC1CN. The third-order valence-electron chi connectivity index (χ3n) is 4.50. The van der Waals surface area contributed by atoms with Gasteiger partial charge in [-0.05, 0) is 43.8 Å². The normalized spacial score (nSPS) is 23.0. The van der Waals surface area contributed by atoms with E-state index >= 15 is 0 Å². The second-order valence-corrected chi connectivity index (χ2v) is 6.83. The summed E-state index contributed by atoms with van der Waals surface area (Å²) >= 11 is 1.44. The van der Waals surface area contributed by atoms with Crippen molar-refractivity contribution < 1.29 is 0 Å². The molecular formula is C15H22N4OS. The molecule has 1 saturated carbocycles. The average Bonchev–Trinajstić information content (AvgIpc) is 2.96. The summed E-state index contributed by atoms with van der Waals surface area (Å²) in [6, 6.07) is 2.40. The lowest BCUT2D eigenvalue weighted by molar-refractivity contribution is 0.125. The summed E-state index contributed by atoms with van der Waals surface area (Å²) in [5, 5.41) is 1.91. The predicted octanol–water partition coefficient (Wildman–Crippen LogP) is 1.93. The van der Waals surface area contributed by atoms with Gasteiger partial charge >= 0.3 is 0 Å². The summed E-state index contributed by atoms with van der Waals surface area (Å²) in [7, 11) is 2.11. The lowest BCUT2D eigenvalue weighted by Gasteiger charge is -2.37. The van der Waals surface area contributed by atoms with Gasteiger partial charge in [0.25, 0.3) is 5.56 Å². The van der Waals surface area contributed by atoms with Crippen LogP contribution in [0.3, 0.4) is 0 Å². The number of nitrogens with two attached hydrogens (primary N) is 1. The van der Waals surface area contributed by atoms with Gasteiger partial charge in [0.2, 0.25) is 0 Å². The minimum absolute atomic E-state index is 0.0302. The van der Waals surface area contributed by atoms with Crippen molar-refractivity contribution in [1.29, 1.82) is 0 Å². The molecule has 0 saturated heterocycles. The molecule has 2 aromatic heterocycles. The molecule has 1 fully saturated rings. The first-order chi connectivity index (χ1) is 10.2. The van der Waals surface area contributed by atoms with Crippen molar-refractivity contribution >= 4 is 21.6 Å². The van der Waals surface area contributed by atoms with E-state index in [2.05, 4.69) is 21.9 Å². The third-order valence-corrected chi connectivity index (χ3v) is 5.40. The van der Waals surface area contributed by atoms with Crippen molar-refractivity contribution in [1.82, 2.24) is 14.9 Å². The van der Waals surface area contributed by atoms with Crippen LogP contribution >= 0.6 is 11.3 Å². The van der Waals surface area contributed by atoms with Crippen molar-refractivity contribution in [2.24, 2.45) is 11.7 Å². The zero-order chi connectivity index (χ0) is 14.8. The van der Waals surface area contributed by atoms with Gasteiger partial charge in [-0.25, -0.2) is 4.98 Å². The molecule has 114 valence electrons. The molecule has 3 N–H and O–H groups in total. The van der Waals surface area contributed by atoms with Crippen LogP contribution in [0.5, 0.6) is 0 Å². The Morgan fingerprint density at radius 1 is 1.48 bits per heavy atom. The molecule has 2 atom stereocenters. The van der Waals surface area contributed by atoms with E-state index in [9.17, 15) is 4.79 Å². The van der Waals surface area contributed by atoms with E-state index in [1.54, 1.807) is 0 Å². The Balaban J connectivity index is 1.78. The van der Waals surface area contributed by atoms with Gasteiger partial charge in [-0.3, -0.25) is 9.69 Å². The van der Waals surface area contributed by atoms with Crippen molar-refractivity contribution in [3.8, 4) is 0 Å². The van der Waals surface area contributed by atoms with Gasteiger partial charge < -0.3 is 10.7 Å². The Morgan fingerprint density at radius 3 is 3.10 bits per heavy atom. The van der Waals surface area contributed by atoms with Gasteiger partial charge in [0.1, 0.15) is 10.5 Å². The lowest BCUT2D eigenvalue weighted by Crippen LogP contribution is -2.43. The maximum absolute atomic E-state index is 12.0. The van der Waals surface area contributed by atoms with E-state index in [1.165, 1.54) is 37.0 Å². The van der Waals surface area contributed by atoms with Crippen LogP contribution in [0, 0.1) is 5.92 Å². The number of fused-ring (bicyclic) bond motifs is 1. The second-order valence-electron chi connectivity index (χ2n) is 5.91. The number of aromatic amines is 1. The zero-order valence-corrected chi connectivity index (χ0v) is 13.2. The molecule has 3 rings (SSSR count). The van der Waals surface area contributed by atoms with Crippen LogP contribution < -0.4 is 11.3 Å². The minimum Gasteiger partial charge on any atom is -0.330 e. The van der Waals surface area contributed by atoms with Crippen LogP contribution in [0.15, 0.2) is 16.2 Å². The van der Waals surface area contributed by atoms with Crippen LogP contribution in [-0.4, -0.2) is 34.5 Å². The average molecular weight is 306 g/mol. The standard InChI is InChI=1S/C15H22N4OS/c1-19(12-5-3-2-4-10(12)8-16)9-13-17-11-6-7-21-14(11)15(20)18-13/h6-7,10,12H,2-5,8-9,16H2,1H3,(H,17,18,20). The maximum Gasteiger partial charge on any atom is 0.268 e. The van der Waals surface area contributed by atoms with E-state index in [1.807, 2.05) is 11.4 Å². The maximum atomic E-state index is 12.0. The smallest absolute Gasteiger partial charge is 0.268 e. The predicted molar refractivity (Wildman–Crippen MR) is 86.5 cm³/mol. The molecule has 2 heterocycles. The highest BCUT2D eigenvalue weighted by molar-refractivity contribution is 7.17. The highest BCUT2D eigenvalue weighted by Crippen LogP contribution is 2.27. The molecule has 0 aromatic carbocycles. The Morgan fingerprint density at radius 2 is 2.29 bits per heavy atom. The quantitative estimate of drug-likeness (QED) is 0.905. The first-order valence-corrected chi connectivity index (χ1v) is 8.43. The van der Waals surface area contributed by atoms with E-state index in [0.717, 1.165) is 17.9 Å². The summed E-state index contributed by atoms with van der Waals surface area (Å²) in [5.74, 6) is 1.30. The Labute approximate surface area is 128 Å². The van der Waals surface area contributed by atoms with Gasteiger partial charge in [0, 0.05) is 6.04 Å². The van der Waals surface area contributed by atoms with Gasteiger partial charge in [0.05, 0.1) is 12.1 Å². The largest absolute Gasteiger partial charge is 0.330 e. The van der Waals surface area contributed by atoms with Crippen LogP contribution in [0.4, 0.5) is 0 Å². The van der Waals surface area contributed by atoms with E-state index in [-0.39, 0.29) is 5.56 Å². The number of aromatic nitrogens is 2. The van der Waals surface area contributed by atoms with Crippen molar-refractivity contribution in [2.75, 3.05) is 13.6 Å². The first kappa shape index (κ1) is 14.7. The van der Waals surface area contributed by atoms with Crippen LogP contribution in [-0.2, 0) is 6.54 Å². The number of hydrogen-bond donors (Lipinski definition) is 2. The molecule has 2 aromatic rings. The molecule has 6 heteroatoms. The molecule has 1 aliphatic rings. The van der Waals surface area contributed by atoms with E-state index in [0.29, 0.717) is 23.2 Å². The van der Waals surface area contributed by atoms with Gasteiger partial charge in [-0.15, -0.1) is 11.3 Å². The summed E-state index contributed by atoms with van der Waals surface area (Å²) in [6.07, 6.45) is 4.93. The fraction of sp³-hybridized carbons (Fsp3) is 0.600. The molecule has 2 unspecified atom stereocenters. The number of rotatable bonds is 4. The molecular weight excluding hydrogens is 284 g/mol. The molecule has 5 nitrogen and oxygen atoms in total. The number of thiophene rings is 1. The van der Waals surface area contributed by atoms with Crippen molar-refractivity contribution in [3.05, 3.63) is 27.6 Å². The minimum atomic E-state index is -0.0302. The van der Waals surface area contributed by atoms with Gasteiger partial charge in [0.15, 0.2) is 0 Å². The number of nitrogens with one attached hydrogen (secondary N) is 1. The molecule has 0 radical (unpaired) electrons. The summed E-state index contributed by atoms with van der Waals surface area (Å²) in [4.78, 5) is 21.8. The van der Waals surface area contributed by atoms with Crippen molar-refractivity contribution in [2.45, 2.75) is 38.3 Å². The van der Waals surface area contributed by atoms with Crippen LogP contribution in [0.25, 0.3) is 10.2 Å². The zero-order valence-electron chi connectivity index (χ0n) is 12.3. The Kier molecular flexibility index (Phi) is 4.37. The fourth-order valence-corrected chi connectivity index (χ4v) is 4.12. The lowest BCUT2D eigenvalue weighted by atomic mass is 9.84. The van der Waals surface area contributed by atoms with Gasteiger partial charge in [-0.1, -0.05) is 12.8 Å². The van der Waals surface area contributed by atoms with Crippen molar-refractivity contribution in [3.63, 3.8) is 0 Å². The van der Waals surface area contributed by atoms with Crippen LogP contribution in [0.2, 0.25) is 0 Å². The first-order valence-electron chi connectivity index (χ1n) is 7.55. The number of H-pyrrole nitrogens is 1. The molecule has 0 amide bonds. The monoisotopic (exact) mass is 306 g/mol. The van der Waals surface area contributed by atoms with E-state index in [4.69, 9.17) is 5.73 Å². The summed E-state index contributed by atoms with van der Waals surface area (Å²) < 4.78 is 0.707. The van der Waals surface area contributed by atoms with Gasteiger partial charge in [-0.2, -0.15) is 0 Å². The number of nitrogens with zero attached hydrogens (tertiary/aromatic N) is 2. The summed E-state index contributed by atoms with van der Waals surface area (Å²) in [6.45, 7) is 1.41. The topological polar surface area (TPSA) is 75.0 Å². The Bertz CT molecular complexity index is 665. The fourth-order valence-electron chi connectivity index (χ4n) is 3.39. The molecule has 0 bridgehead atoms. The molecule has 1 aliphatic carbocycles. The molecule has 0 aliphatic heterocycles. The summed E-state index contributed by atoms with van der Waals surface area (Å²) in [5.41, 5.74) is 6.68. The second kappa shape index (κ2) is 6.25. The number of hydrogen-bond acceptors (Lipinski definition) is 5. The van der Waals surface area contributed by atoms with Crippen LogP contribution in [0.1, 0.15) is 31.5 Å². The Hall–Kier alpha value is -1.24. The van der Waals surface area contributed by atoms with E-state index < -0.39 is 0 Å². The highest BCUT2D eigenvalue weighted by atomic mass is 32.1. The molecule has 21 heavy (non-hydrogen) atoms. The highest BCUT2D eigenvalue weighted by Gasteiger charge is 2.27. The molecule has 0 spiro atoms. The third kappa shape index (κ3) is 3.02.